The molecule has 0 fully saturated rings. The summed E-state index contributed by atoms with van der Waals surface area (Å²) < 4.78 is 0. The number of aryl methyl sites for hydroxylation is 1. The zero-order chi connectivity index (χ0) is 18.5. The molecule has 2 aromatic carbocycles. The van der Waals surface area contributed by atoms with Crippen LogP contribution in [0.3, 0.4) is 0 Å². The molecule has 4 rings (SSSR count). The number of rotatable bonds is 1. The highest BCUT2D eigenvalue weighted by Gasteiger charge is 2.42. The minimum Gasteiger partial charge on any atom is -0.375 e. The molecule has 2 atom stereocenters. The summed E-state index contributed by atoms with van der Waals surface area (Å²) in [5, 5.41) is 7.81. The van der Waals surface area contributed by atoms with Gasteiger partial charge in [-0.25, -0.2) is 0 Å². The molecular formula is C22H23ClN2O. The highest BCUT2D eigenvalue weighted by molar-refractivity contribution is 6.31. The van der Waals surface area contributed by atoms with Crippen molar-refractivity contribution in [3.8, 4) is 0 Å². The van der Waals surface area contributed by atoms with Gasteiger partial charge in [0.2, 0.25) is 0 Å². The number of fused-ring (bicyclic) bond motifs is 2. The van der Waals surface area contributed by atoms with Crippen LogP contribution in [0, 0.1) is 18.3 Å². The van der Waals surface area contributed by atoms with E-state index in [0.717, 1.165) is 22.6 Å². The summed E-state index contributed by atoms with van der Waals surface area (Å²) in [6, 6.07) is 13.8. The standard InChI is InChI=1S/C22H23ClN2O/c1-13-8-9-16-17(10-13)25-21(14-6-4-5-7-15(14)23)20-18(24-16)11-22(2,3)12-19(20)26/h4-11,20-21,24-25H,12H2,1-3H3. The molecule has 0 amide bonds. The van der Waals surface area contributed by atoms with Crippen molar-refractivity contribution in [3.05, 3.63) is 70.4 Å². The Morgan fingerprint density at radius 2 is 1.88 bits per heavy atom. The number of nitrogens with one attached hydrogen (secondary N) is 2. The third-order valence-corrected chi connectivity index (χ3v) is 5.54. The van der Waals surface area contributed by atoms with Gasteiger partial charge in [0.05, 0.1) is 23.3 Å². The number of allylic oxidation sites excluding steroid dienone is 1. The highest BCUT2D eigenvalue weighted by atomic mass is 35.5. The lowest BCUT2D eigenvalue weighted by atomic mass is 9.72. The summed E-state index contributed by atoms with van der Waals surface area (Å²) in [6.07, 6.45) is 2.74. The van der Waals surface area contributed by atoms with Crippen molar-refractivity contribution in [2.75, 3.05) is 10.6 Å². The summed E-state index contributed by atoms with van der Waals surface area (Å²) in [7, 11) is 0. The lowest BCUT2D eigenvalue weighted by Gasteiger charge is -2.35. The molecule has 1 aliphatic heterocycles. The number of hydrogen-bond acceptors (Lipinski definition) is 3. The smallest absolute Gasteiger partial charge is 0.145 e. The molecule has 2 unspecified atom stereocenters. The first kappa shape index (κ1) is 17.2. The first-order valence-corrected chi connectivity index (χ1v) is 9.36. The molecule has 1 heterocycles. The predicted octanol–water partition coefficient (Wildman–Crippen LogP) is 5.73. The molecule has 2 aliphatic rings. The van der Waals surface area contributed by atoms with E-state index in [1.165, 1.54) is 5.56 Å². The van der Waals surface area contributed by atoms with Gasteiger partial charge in [0.25, 0.3) is 0 Å². The maximum Gasteiger partial charge on any atom is 0.145 e. The summed E-state index contributed by atoms with van der Waals surface area (Å²) in [5.74, 6) is -0.0439. The Kier molecular flexibility index (Phi) is 4.07. The van der Waals surface area contributed by atoms with Gasteiger partial charge in [-0.2, -0.15) is 0 Å². The molecule has 134 valence electrons. The molecule has 1 aliphatic carbocycles. The maximum atomic E-state index is 13.1. The Morgan fingerprint density at radius 1 is 1.12 bits per heavy atom. The topological polar surface area (TPSA) is 41.1 Å². The molecule has 26 heavy (non-hydrogen) atoms. The summed E-state index contributed by atoms with van der Waals surface area (Å²) in [6.45, 7) is 6.28. The van der Waals surface area contributed by atoms with Gasteiger partial charge in [0.15, 0.2) is 0 Å². The van der Waals surface area contributed by atoms with Gasteiger partial charge in [0.1, 0.15) is 5.78 Å². The Hall–Kier alpha value is -2.26. The summed E-state index contributed by atoms with van der Waals surface area (Å²) in [5.41, 5.74) is 4.92. The lowest BCUT2D eigenvalue weighted by Crippen LogP contribution is -2.36. The fourth-order valence-corrected chi connectivity index (χ4v) is 4.30. The van der Waals surface area contributed by atoms with Crippen LogP contribution in [-0.2, 0) is 4.79 Å². The number of halogens is 1. The molecule has 4 heteroatoms. The number of carbonyl (C=O) groups is 1. The van der Waals surface area contributed by atoms with Crippen molar-refractivity contribution in [2.24, 2.45) is 11.3 Å². The molecule has 0 radical (unpaired) electrons. The first-order valence-electron chi connectivity index (χ1n) is 8.98. The maximum absolute atomic E-state index is 13.1. The van der Waals surface area contributed by atoms with Crippen molar-refractivity contribution in [1.29, 1.82) is 0 Å². The van der Waals surface area contributed by atoms with Crippen LogP contribution in [0.15, 0.2) is 54.2 Å². The van der Waals surface area contributed by atoms with E-state index in [0.29, 0.717) is 11.4 Å². The third-order valence-electron chi connectivity index (χ3n) is 5.20. The van der Waals surface area contributed by atoms with Gasteiger partial charge in [-0.1, -0.05) is 55.8 Å². The predicted molar refractivity (Wildman–Crippen MR) is 108 cm³/mol. The van der Waals surface area contributed by atoms with Gasteiger partial charge in [-0.15, -0.1) is 0 Å². The number of ketones is 1. The molecule has 0 bridgehead atoms. The van der Waals surface area contributed by atoms with E-state index in [2.05, 4.69) is 55.7 Å². The van der Waals surface area contributed by atoms with Crippen LogP contribution in [0.1, 0.15) is 37.4 Å². The van der Waals surface area contributed by atoms with Crippen molar-refractivity contribution in [2.45, 2.75) is 33.2 Å². The van der Waals surface area contributed by atoms with Gasteiger partial charge in [-0.3, -0.25) is 4.79 Å². The molecule has 0 saturated carbocycles. The van der Waals surface area contributed by atoms with E-state index in [4.69, 9.17) is 11.6 Å². The number of anilines is 2. The number of Topliss-reactive ketones (excluding diaryl/α,β-unsaturated/α-hetero) is 1. The normalized spacial score (nSPS) is 23.7. The van der Waals surface area contributed by atoms with Crippen molar-refractivity contribution in [1.82, 2.24) is 0 Å². The van der Waals surface area contributed by atoms with Gasteiger partial charge in [0, 0.05) is 17.1 Å². The van der Waals surface area contributed by atoms with Gasteiger partial charge in [-0.05, 0) is 41.7 Å². The fourth-order valence-electron chi connectivity index (χ4n) is 4.05. The van der Waals surface area contributed by atoms with Crippen molar-refractivity contribution < 1.29 is 4.79 Å². The third kappa shape index (κ3) is 3.01. The molecule has 3 nitrogen and oxygen atoms in total. The first-order chi connectivity index (χ1) is 12.3. The average Bonchev–Trinajstić information content (AvgIpc) is 2.70. The second-order valence-electron chi connectivity index (χ2n) is 8.03. The summed E-state index contributed by atoms with van der Waals surface area (Å²) >= 11 is 6.51. The number of carbonyl (C=O) groups excluding carboxylic acids is 1. The Bertz CT molecular complexity index is 916. The Labute approximate surface area is 159 Å². The van der Waals surface area contributed by atoms with E-state index in [1.54, 1.807) is 0 Å². The molecule has 2 N–H and O–H groups in total. The van der Waals surface area contributed by atoms with Gasteiger partial charge >= 0.3 is 0 Å². The lowest BCUT2D eigenvalue weighted by molar-refractivity contribution is -0.124. The van der Waals surface area contributed by atoms with Gasteiger partial charge < -0.3 is 10.6 Å². The van der Waals surface area contributed by atoms with E-state index < -0.39 is 0 Å². The van der Waals surface area contributed by atoms with Crippen molar-refractivity contribution in [3.63, 3.8) is 0 Å². The van der Waals surface area contributed by atoms with Crippen LogP contribution >= 0.6 is 11.6 Å². The zero-order valence-electron chi connectivity index (χ0n) is 15.3. The fraction of sp³-hybridized carbons (Fsp3) is 0.318. The van der Waals surface area contributed by atoms with E-state index in [-0.39, 0.29) is 23.2 Å². The van der Waals surface area contributed by atoms with Crippen LogP contribution in [0.4, 0.5) is 11.4 Å². The minimum absolute atomic E-state index is 0.157. The van der Waals surface area contributed by atoms with Crippen LogP contribution < -0.4 is 10.6 Å². The molecule has 0 spiro atoms. The molecule has 2 aromatic rings. The van der Waals surface area contributed by atoms with Crippen LogP contribution in [0.2, 0.25) is 5.02 Å². The Balaban J connectivity index is 1.91. The van der Waals surface area contributed by atoms with E-state index >= 15 is 0 Å². The zero-order valence-corrected chi connectivity index (χ0v) is 16.0. The molecule has 0 saturated heterocycles. The average molecular weight is 367 g/mol. The quantitative estimate of drug-likeness (QED) is 0.677. The molecular weight excluding hydrogens is 344 g/mol. The van der Waals surface area contributed by atoms with E-state index in [9.17, 15) is 4.79 Å². The largest absolute Gasteiger partial charge is 0.375 e. The Morgan fingerprint density at radius 3 is 2.65 bits per heavy atom. The monoisotopic (exact) mass is 366 g/mol. The second kappa shape index (κ2) is 6.17. The SMILES string of the molecule is Cc1ccc2c(c1)NC(c1ccccc1Cl)C1C(=O)CC(C)(C)C=C1N2. The highest BCUT2D eigenvalue weighted by Crippen LogP contribution is 2.46. The van der Waals surface area contributed by atoms with Crippen LogP contribution in [-0.4, -0.2) is 5.78 Å². The molecule has 0 aromatic heterocycles. The summed E-state index contributed by atoms with van der Waals surface area (Å²) in [4.78, 5) is 13.1. The second-order valence-corrected chi connectivity index (χ2v) is 8.43. The minimum atomic E-state index is -0.282. The van der Waals surface area contributed by atoms with E-state index in [1.807, 2.05) is 24.3 Å². The van der Waals surface area contributed by atoms with Crippen LogP contribution in [0.5, 0.6) is 0 Å². The van der Waals surface area contributed by atoms with Crippen LogP contribution in [0.25, 0.3) is 0 Å². The number of hydrogen-bond donors (Lipinski definition) is 2. The van der Waals surface area contributed by atoms with Crippen molar-refractivity contribution >= 4 is 28.8 Å². The number of benzene rings is 2.